The SMILES string of the molecule is C=CC(=O)Nc1c(OCCCC)ccc2c1Cc1ccccc1-2. The van der Waals surface area contributed by atoms with Gasteiger partial charge >= 0.3 is 0 Å². The highest BCUT2D eigenvalue weighted by Crippen LogP contribution is 2.44. The van der Waals surface area contributed by atoms with E-state index in [2.05, 4.69) is 37.0 Å². The monoisotopic (exact) mass is 307 g/mol. The fourth-order valence-electron chi connectivity index (χ4n) is 2.95. The number of nitrogens with one attached hydrogen (secondary N) is 1. The second-order valence-electron chi connectivity index (χ2n) is 5.69. The van der Waals surface area contributed by atoms with E-state index in [1.54, 1.807) is 0 Å². The van der Waals surface area contributed by atoms with Crippen LogP contribution in [-0.2, 0) is 11.2 Å². The summed E-state index contributed by atoms with van der Waals surface area (Å²) in [4.78, 5) is 11.9. The van der Waals surface area contributed by atoms with E-state index < -0.39 is 0 Å². The maximum Gasteiger partial charge on any atom is 0.247 e. The van der Waals surface area contributed by atoms with Gasteiger partial charge < -0.3 is 10.1 Å². The number of anilines is 1. The fraction of sp³-hybridized carbons (Fsp3) is 0.250. The van der Waals surface area contributed by atoms with Crippen molar-refractivity contribution in [2.24, 2.45) is 0 Å². The van der Waals surface area contributed by atoms with Crippen LogP contribution in [0.5, 0.6) is 5.75 Å². The van der Waals surface area contributed by atoms with Crippen LogP contribution >= 0.6 is 0 Å². The molecule has 2 aromatic carbocycles. The number of benzene rings is 2. The van der Waals surface area contributed by atoms with Crippen LogP contribution in [0.25, 0.3) is 11.1 Å². The average Bonchev–Trinajstić information content (AvgIpc) is 2.95. The number of unbranched alkanes of at least 4 members (excludes halogenated alkanes) is 1. The van der Waals surface area contributed by atoms with Crippen LogP contribution in [0.1, 0.15) is 30.9 Å². The van der Waals surface area contributed by atoms with E-state index in [9.17, 15) is 4.79 Å². The highest BCUT2D eigenvalue weighted by Gasteiger charge is 2.24. The molecule has 3 heteroatoms. The Morgan fingerprint density at radius 2 is 2.09 bits per heavy atom. The Labute approximate surface area is 137 Å². The average molecular weight is 307 g/mol. The molecule has 0 saturated heterocycles. The number of amides is 1. The zero-order chi connectivity index (χ0) is 16.2. The summed E-state index contributed by atoms with van der Waals surface area (Å²) in [5.74, 6) is 0.523. The van der Waals surface area contributed by atoms with Crippen molar-refractivity contribution in [2.75, 3.05) is 11.9 Å². The van der Waals surface area contributed by atoms with Crippen molar-refractivity contribution >= 4 is 11.6 Å². The Morgan fingerprint density at radius 3 is 2.87 bits per heavy atom. The van der Waals surface area contributed by atoms with Gasteiger partial charge in [-0.15, -0.1) is 0 Å². The predicted molar refractivity (Wildman–Crippen MR) is 93.9 cm³/mol. The zero-order valence-electron chi connectivity index (χ0n) is 13.4. The molecule has 3 nitrogen and oxygen atoms in total. The van der Waals surface area contributed by atoms with Gasteiger partial charge in [-0.2, -0.15) is 0 Å². The molecule has 3 rings (SSSR count). The minimum Gasteiger partial charge on any atom is -0.491 e. The molecule has 0 heterocycles. The number of fused-ring (bicyclic) bond motifs is 3. The lowest BCUT2D eigenvalue weighted by molar-refractivity contribution is -0.111. The largest absolute Gasteiger partial charge is 0.491 e. The van der Waals surface area contributed by atoms with E-state index in [-0.39, 0.29) is 5.91 Å². The van der Waals surface area contributed by atoms with E-state index in [0.29, 0.717) is 6.61 Å². The van der Waals surface area contributed by atoms with Gasteiger partial charge in [0, 0.05) is 6.42 Å². The summed E-state index contributed by atoms with van der Waals surface area (Å²) in [6, 6.07) is 12.4. The molecule has 1 amide bonds. The summed E-state index contributed by atoms with van der Waals surface area (Å²) in [6.07, 6.45) is 4.16. The molecular formula is C20H21NO2. The minimum atomic E-state index is -0.213. The van der Waals surface area contributed by atoms with Crippen molar-refractivity contribution in [1.82, 2.24) is 0 Å². The highest BCUT2D eigenvalue weighted by molar-refractivity contribution is 6.02. The third-order valence-electron chi connectivity index (χ3n) is 4.14. The second-order valence-corrected chi connectivity index (χ2v) is 5.69. The molecule has 0 saturated carbocycles. The Kier molecular flexibility index (Phi) is 4.47. The van der Waals surface area contributed by atoms with Gasteiger partial charge in [-0.05, 0) is 40.8 Å². The molecule has 0 aromatic heterocycles. The molecule has 1 aliphatic rings. The molecule has 0 spiro atoms. The number of carbonyl (C=O) groups excluding carboxylic acids is 1. The van der Waals surface area contributed by atoms with Crippen molar-refractivity contribution in [3.8, 4) is 16.9 Å². The molecule has 118 valence electrons. The second kappa shape index (κ2) is 6.69. The Balaban J connectivity index is 2.01. The van der Waals surface area contributed by atoms with E-state index in [4.69, 9.17) is 4.74 Å². The molecule has 1 N–H and O–H groups in total. The first-order valence-corrected chi connectivity index (χ1v) is 8.05. The fourth-order valence-corrected chi connectivity index (χ4v) is 2.95. The topological polar surface area (TPSA) is 38.3 Å². The third-order valence-corrected chi connectivity index (χ3v) is 4.14. The van der Waals surface area contributed by atoms with Crippen molar-refractivity contribution in [3.63, 3.8) is 0 Å². The Bertz CT molecular complexity index is 749. The van der Waals surface area contributed by atoms with Crippen molar-refractivity contribution in [2.45, 2.75) is 26.2 Å². The number of carbonyl (C=O) groups is 1. The lowest BCUT2D eigenvalue weighted by Gasteiger charge is -2.16. The molecular weight excluding hydrogens is 286 g/mol. The molecule has 23 heavy (non-hydrogen) atoms. The van der Waals surface area contributed by atoms with Crippen LogP contribution in [0, 0.1) is 0 Å². The summed E-state index contributed by atoms with van der Waals surface area (Å²) in [7, 11) is 0. The standard InChI is InChI=1S/C20H21NO2/c1-3-5-12-23-18-11-10-16-15-9-7-6-8-14(15)13-17(16)20(18)21-19(22)4-2/h4,6-11H,2-3,5,12-13H2,1H3,(H,21,22). The lowest BCUT2D eigenvalue weighted by Crippen LogP contribution is -2.11. The molecule has 2 aromatic rings. The molecule has 0 aliphatic heterocycles. The predicted octanol–water partition coefficient (Wildman–Crippen LogP) is 4.56. The maximum absolute atomic E-state index is 11.9. The first kappa shape index (κ1) is 15.3. The van der Waals surface area contributed by atoms with Gasteiger partial charge in [0.1, 0.15) is 5.75 Å². The van der Waals surface area contributed by atoms with E-state index in [1.807, 2.05) is 18.2 Å². The van der Waals surface area contributed by atoms with E-state index in [1.165, 1.54) is 22.8 Å². The summed E-state index contributed by atoms with van der Waals surface area (Å²) < 4.78 is 5.90. The zero-order valence-corrected chi connectivity index (χ0v) is 13.4. The first-order valence-electron chi connectivity index (χ1n) is 8.05. The van der Waals surface area contributed by atoms with Gasteiger partial charge in [-0.3, -0.25) is 4.79 Å². The van der Waals surface area contributed by atoms with Crippen molar-refractivity contribution in [3.05, 3.63) is 60.2 Å². The molecule has 0 atom stereocenters. The van der Waals surface area contributed by atoms with Crippen molar-refractivity contribution in [1.29, 1.82) is 0 Å². The quantitative estimate of drug-likeness (QED) is 0.535. The van der Waals surface area contributed by atoms with Crippen LogP contribution in [0.15, 0.2) is 49.1 Å². The van der Waals surface area contributed by atoms with Gasteiger partial charge in [0.25, 0.3) is 0 Å². The van der Waals surface area contributed by atoms with E-state index >= 15 is 0 Å². The van der Waals surface area contributed by atoms with Gasteiger partial charge in [0.15, 0.2) is 0 Å². The van der Waals surface area contributed by atoms with Crippen LogP contribution < -0.4 is 10.1 Å². The number of hydrogen-bond donors (Lipinski definition) is 1. The van der Waals surface area contributed by atoms with Gasteiger partial charge in [0.2, 0.25) is 5.91 Å². The van der Waals surface area contributed by atoms with Crippen LogP contribution in [0.3, 0.4) is 0 Å². The van der Waals surface area contributed by atoms with Gasteiger partial charge in [0.05, 0.1) is 12.3 Å². The van der Waals surface area contributed by atoms with Crippen LogP contribution in [0.2, 0.25) is 0 Å². The van der Waals surface area contributed by atoms with Gasteiger partial charge in [-0.25, -0.2) is 0 Å². The van der Waals surface area contributed by atoms with Crippen LogP contribution in [0.4, 0.5) is 5.69 Å². The summed E-state index contributed by atoms with van der Waals surface area (Å²) >= 11 is 0. The minimum absolute atomic E-state index is 0.213. The lowest BCUT2D eigenvalue weighted by atomic mass is 10.0. The summed E-state index contributed by atoms with van der Waals surface area (Å²) in [5.41, 5.74) is 5.58. The molecule has 0 radical (unpaired) electrons. The molecule has 0 bridgehead atoms. The molecule has 1 aliphatic carbocycles. The first-order chi connectivity index (χ1) is 11.2. The number of ether oxygens (including phenoxy) is 1. The van der Waals surface area contributed by atoms with Gasteiger partial charge in [-0.1, -0.05) is 50.3 Å². The normalized spacial score (nSPS) is 11.5. The smallest absolute Gasteiger partial charge is 0.247 e. The summed E-state index contributed by atoms with van der Waals surface area (Å²) in [6.45, 7) is 6.32. The van der Waals surface area contributed by atoms with E-state index in [0.717, 1.165) is 36.3 Å². The highest BCUT2D eigenvalue weighted by atomic mass is 16.5. The number of rotatable bonds is 6. The summed E-state index contributed by atoms with van der Waals surface area (Å²) in [5, 5.41) is 2.94. The Morgan fingerprint density at radius 1 is 1.26 bits per heavy atom. The van der Waals surface area contributed by atoms with Crippen LogP contribution in [-0.4, -0.2) is 12.5 Å². The molecule has 0 fully saturated rings. The third kappa shape index (κ3) is 3.00. The van der Waals surface area contributed by atoms with Crippen molar-refractivity contribution < 1.29 is 9.53 Å². The number of hydrogen-bond acceptors (Lipinski definition) is 2. The Hall–Kier alpha value is -2.55. The maximum atomic E-state index is 11.9. The molecule has 0 unspecified atom stereocenters.